The first-order valence-electron chi connectivity index (χ1n) is 14.2. The number of imide groups is 1. The molecular weight excluding hydrogens is 608 g/mol. The first-order valence-corrected chi connectivity index (χ1v) is 15.0. The normalized spacial score (nSPS) is 24.7. The maximum Gasteiger partial charge on any atom is 0.238 e. The maximum atomic E-state index is 14.1. The highest BCUT2D eigenvalue weighted by Crippen LogP contribution is 2.56. The van der Waals surface area contributed by atoms with E-state index in [0.29, 0.717) is 38.9 Å². The van der Waals surface area contributed by atoms with Gasteiger partial charge in [0.25, 0.3) is 0 Å². The SMILES string of the molecule is CC1=CC(=O)C2=C(C1=O)[C@@H](c1cc(Br)ccc1O)C1=CC[C@@H]3C(=O)N(c4ccc(Nc5ccccc5)cc4)C(=O)[C@@H]3[C@@H]1C2. The van der Waals surface area contributed by atoms with Crippen LogP contribution in [0.1, 0.15) is 31.2 Å². The molecule has 3 aromatic carbocycles. The van der Waals surface area contributed by atoms with Crippen LogP contribution in [0.2, 0.25) is 0 Å². The largest absolute Gasteiger partial charge is 0.508 e. The summed E-state index contributed by atoms with van der Waals surface area (Å²) in [6, 6.07) is 21.9. The van der Waals surface area contributed by atoms with E-state index >= 15 is 0 Å². The van der Waals surface area contributed by atoms with Crippen LogP contribution in [0.4, 0.5) is 17.1 Å². The molecule has 3 aliphatic carbocycles. The van der Waals surface area contributed by atoms with E-state index in [0.717, 1.165) is 16.9 Å². The second-order valence-corrected chi connectivity index (χ2v) is 12.4. The third-order valence-electron chi connectivity index (χ3n) is 9.05. The molecule has 214 valence electrons. The Labute approximate surface area is 256 Å². The number of halogens is 1. The van der Waals surface area contributed by atoms with Crippen LogP contribution in [0, 0.1) is 17.8 Å². The molecule has 7 rings (SSSR count). The van der Waals surface area contributed by atoms with Crippen molar-refractivity contribution in [3.8, 4) is 5.75 Å². The molecule has 0 unspecified atom stereocenters. The monoisotopic (exact) mass is 634 g/mol. The van der Waals surface area contributed by atoms with E-state index in [-0.39, 0.29) is 35.6 Å². The lowest BCUT2D eigenvalue weighted by atomic mass is 9.59. The Morgan fingerprint density at radius 1 is 0.884 bits per heavy atom. The summed E-state index contributed by atoms with van der Waals surface area (Å²) in [5.74, 6) is -3.50. The van der Waals surface area contributed by atoms with Crippen molar-refractivity contribution in [1.29, 1.82) is 0 Å². The average molecular weight is 636 g/mol. The number of phenols is 1. The number of phenolic OH excluding ortho intramolecular Hbond substituents is 1. The fourth-order valence-corrected chi connectivity index (χ4v) is 7.49. The number of carbonyl (C=O) groups is 4. The lowest BCUT2D eigenvalue weighted by Crippen LogP contribution is -2.39. The number of allylic oxidation sites excluding steroid dienone is 6. The van der Waals surface area contributed by atoms with Gasteiger partial charge in [-0.25, -0.2) is 0 Å². The highest BCUT2D eigenvalue weighted by molar-refractivity contribution is 9.10. The third kappa shape index (κ3) is 4.39. The van der Waals surface area contributed by atoms with E-state index in [4.69, 9.17) is 0 Å². The average Bonchev–Trinajstić information content (AvgIpc) is 3.26. The molecular formula is C35H27BrN2O5. The van der Waals surface area contributed by atoms with Crippen LogP contribution < -0.4 is 10.2 Å². The minimum atomic E-state index is -0.701. The Hall–Kier alpha value is -4.56. The summed E-state index contributed by atoms with van der Waals surface area (Å²) in [4.78, 5) is 56.0. The Morgan fingerprint density at radius 2 is 1.60 bits per heavy atom. The van der Waals surface area contributed by atoms with E-state index in [9.17, 15) is 24.3 Å². The van der Waals surface area contributed by atoms with Gasteiger partial charge in [0.2, 0.25) is 11.8 Å². The Balaban J connectivity index is 1.26. The molecule has 3 aromatic rings. The molecule has 2 amide bonds. The topological polar surface area (TPSA) is 104 Å². The second-order valence-electron chi connectivity index (χ2n) is 11.5. The van der Waals surface area contributed by atoms with Gasteiger partial charge in [-0.05, 0) is 86.4 Å². The van der Waals surface area contributed by atoms with Gasteiger partial charge in [-0.15, -0.1) is 0 Å². The number of fused-ring (bicyclic) bond motifs is 3. The number of ketones is 2. The summed E-state index contributed by atoms with van der Waals surface area (Å²) >= 11 is 3.48. The fraction of sp³-hybridized carbons (Fsp3) is 0.200. The summed E-state index contributed by atoms with van der Waals surface area (Å²) in [6.07, 6.45) is 3.82. The number of nitrogens with zero attached hydrogens (tertiary/aromatic N) is 1. The number of hydrogen-bond donors (Lipinski definition) is 2. The molecule has 0 spiro atoms. The van der Waals surface area contributed by atoms with Crippen molar-refractivity contribution in [3.05, 3.63) is 117 Å². The predicted octanol–water partition coefficient (Wildman–Crippen LogP) is 6.53. The number of carbonyl (C=O) groups excluding carboxylic acids is 4. The van der Waals surface area contributed by atoms with Crippen LogP contribution in [0.25, 0.3) is 0 Å². The van der Waals surface area contributed by atoms with E-state index in [1.165, 1.54) is 11.0 Å². The fourth-order valence-electron chi connectivity index (χ4n) is 7.11. The molecule has 0 saturated carbocycles. The molecule has 4 atom stereocenters. The molecule has 1 aliphatic heterocycles. The van der Waals surface area contributed by atoms with Gasteiger partial charge in [-0.3, -0.25) is 24.1 Å². The van der Waals surface area contributed by atoms with Crippen molar-refractivity contribution in [2.45, 2.75) is 25.7 Å². The van der Waals surface area contributed by atoms with Gasteiger partial charge in [-0.2, -0.15) is 0 Å². The molecule has 1 heterocycles. The van der Waals surface area contributed by atoms with Crippen LogP contribution in [0.5, 0.6) is 5.75 Å². The van der Waals surface area contributed by atoms with E-state index < -0.39 is 23.7 Å². The zero-order valence-electron chi connectivity index (χ0n) is 23.2. The Kier molecular flexibility index (Phi) is 6.54. The van der Waals surface area contributed by atoms with Crippen molar-refractivity contribution in [3.63, 3.8) is 0 Å². The number of rotatable bonds is 4. The van der Waals surface area contributed by atoms with Crippen LogP contribution in [-0.2, 0) is 19.2 Å². The minimum absolute atomic E-state index is 0.00386. The summed E-state index contributed by atoms with van der Waals surface area (Å²) in [7, 11) is 0. The molecule has 7 nitrogen and oxygen atoms in total. The summed E-state index contributed by atoms with van der Waals surface area (Å²) in [5, 5.41) is 14.3. The lowest BCUT2D eigenvalue weighted by Gasteiger charge is -2.42. The number of hydrogen-bond acceptors (Lipinski definition) is 6. The van der Waals surface area contributed by atoms with Crippen LogP contribution in [-0.4, -0.2) is 28.5 Å². The van der Waals surface area contributed by atoms with Crippen molar-refractivity contribution < 1.29 is 24.3 Å². The molecule has 0 bridgehead atoms. The highest BCUT2D eigenvalue weighted by atomic mass is 79.9. The van der Waals surface area contributed by atoms with Gasteiger partial charge in [0, 0.05) is 44.0 Å². The first-order chi connectivity index (χ1) is 20.7. The number of aromatic hydroxyl groups is 1. The quantitative estimate of drug-likeness (QED) is 0.192. The van der Waals surface area contributed by atoms with Gasteiger partial charge in [0.05, 0.1) is 17.5 Å². The summed E-state index contributed by atoms with van der Waals surface area (Å²) < 4.78 is 0.712. The van der Waals surface area contributed by atoms with Crippen molar-refractivity contribution in [1.82, 2.24) is 0 Å². The van der Waals surface area contributed by atoms with Crippen LogP contribution in [0.15, 0.2) is 112 Å². The smallest absolute Gasteiger partial charge is 0.238 e. The maximum absolute atomic E-state index is 14.1. The Morgan fingerprint density at radius 3 is 2.35 bits per heavy atom. The predicted molar refractivity (Wildman–Crippen MR) is 166 cm³/mol. The molecule has 8 heteroatoms. The van der Waals surface area contributed by atoms with Crippen LogP contribution in [0.3, 0.4) is 0 Å². The van der Waals surface area contributed by atoms with Gasteiger partial charge in [0.15, 0.2) is 11.6 Å². The number of benzene rings is 3. The molecule has 0 radical (unpaired) electrons. The molecule has 43 heavy (non-hydrogen) atoms. The minimum Gasteiger partial charge on any atom is -0.508 e. The third-order valence-corrected chi connectivity index (χ3v) is 9.55. The van der Waals surface area contributed by atoms with Gasteiger partial charge < -0.3 is 10.4 Å². The highest BCUT2D eigenvalue weighted by Gasteiger charge is 2.56. The van der Waals surface area contributed by atoms with Crippen molar-refractivity contribution in [2.75, 3.05) is 10.2 Å². The number of para-hydroxylation sites is 1. The van der Waals surface area contributed by atoms with Crippen molar-refractivity contribution >= 4 is 56.4 Å². The summed E-state index contributed by atoms with van der Waals surface area (Å²) in [5.41, 5.74) is 4.58. The second kappa shape index (κ2) is 10.3. The lowest BCUT2D eigenvalue weighted by molar-refractivity contribution is -0.123. The first kappa shape index (κ1) is 27.3. The molecule has 4 aliphatic rings. The zero-order valence-corrected chi connectivity index (χ0v) is 24.8. The number of nitrogens with one attached hydrogen (secondary N) is 1. The zero-order chi connectivity index (χ0) is 30.0. The van der Waals surface area contributed by atoms with E-state index in [2.05, 4.69) is 21.2 Å². The van der Waals surface area contributed by atoms with E-state index in [1.54, 1.807) is 37.3 Å². The van der Waals surface area contributed by atoms with Crippen LogP contribution >= 0.6 is 15.9 Å². The number of anilines is 3. The van der Waals surface area contributed by atoms with E-state index in [1.807, 2.05) is 48.5 Å². The van der Waals surface area contributed by atoms with Gasteiger partial charge in [-0.1, -0.05) is 45.8 Å². The molecule has 1 saturated heterocycles. The summed E-state index contributed by atoms with van der Waals surface area (Å²) in [6.45, 7) is 1.62. The number of amides is 2. The molecule has 2 N–H and O–H groups in total. The molecule has 0 aromatic heterocycles. The Bertz CT molecular complexity index is 1820. The van der Waals surface area contributed by atoms with Gasteiger partial charge in [0.1, 0.15) is 5.75 Å². The molecule has 1 fully saturated rings. The number of Topliss-reactive ketones (excluding diaryl/α,β-unsaturated/α-hetero) is 1. The van der Waals surface area contributed by atoms with Gasteiger partial charge >= 0.3 is 0 Å². The standard InChI is InChI=1S/C35H27BrN2O5/c1-18-15-29(40)27-17-25-23(30(32(27)33(18)41)26-16-19(36)7-14-28(26)39)12-13-24-31(25)35(43)38(34(24)42)22-10-8-21(9-11-22)37-20-5-3-2-4-6-20/h2-12,14-16,24-25,30-31,37,39H,13,17H2,1H3/t24-,25+,30+,31-/m0/s1. The van der Waals surface area contributed by atoms with Crippen molar-refractivity contribution in [2.24, 2.45) is 17.8 Å².